The fraction of sp³-hybridized carbons (Fsp3) is 0.261. The van der Waals surface area contributed by atoms with Gasteiger partial charge in [0.05, 0.1) is 4.90 Å². The first-order valence-electron chi connectivity index (χ1n) is 10.0. The number of anilines is 2. The second-order valence-electron chi connectivity index (χ2n) is 7.49. The Bertz CT molecular complexity index is 1140. The lowest BCUT2D eigenvalue weighted by Gasteiger charge is -2.09. The van der Waals surface area contributed by atoms with E-state index in [9.17, 15) is 13.2 Å². The fourth-order valence-corrected chi connectivity index (χ4v) is 4.04. The van der Waals surface area contributed by atoms with Crippen molar-refractivity contribution in [3.63, 3.8) is 0 Å². The number of nitrogens with zero attached hydrogens (tertiary/aromatic N) is 2. The van der Waals surface area contributed by atoms with Gasteiger partial charge in [-0.25, -0.2) is 23.1 Å². The van der Waals surface area contributed by atoms with E-state index < -0.39 is 10.0 Å². The summed E-state index contributed by atoms with van der Waals surface area (Å²) in [5, 5.41) is 2.80. The zero-order valence-corrected chi connectivity index (χ0v) is 18.7. The molecule has 8 heteroatoms. The molecule has 3 aromatic rings. The van der Waals surface area contributed by atoms with Crippen LogP contribution in [0.15, 0.2) is 59.5 Å². The van der Waals surface area contributed by atoms with Crippen LogP contribution in [0.5, 0.6) is 0 Å². The van der Waals surface area contributed by atoms with Gasteiger partial charge in [-0.15, -0.1) is 0 Å². The largest absolute Gasteiger partial charge is 0.326 e. The maximum Gasteiger partial charge on any atom is 0.264 e. The van der Waals surface area contributed by atoms with Crippen LogP contribution in [-0.2, 0) is 21.2 Å². The Morgan fingerprint density at radius 3 is 2.13 bits per heavy atom. The van der Waals surface area contributed by atoms with Gasteiger partial charge in [0.1, 0.15) is 0 Å². The summed E-state index contributed by atoms with van der Waals surface area (Å²) in [4.78, 5) is 20.4. The summed E-state index contributed by atoms with van der Waals surface area (Å²) in [5.41, 5.74) is 4.30. The highest BCUT2D eigenvalue weighted by atomic mass is 32.2. The lowest BCUT2D eigenvalue weighted by molar-refractivity contribution is -0.116. The quantitative estimate of drug-likeness (QED) is 0.550. The summed E-state index contributed by atoms with van der Waals surface area (Å²) in [5.74, 6) is -0.0760. The molecule has 0 aliphatic carbocycles. The van der Waals surface area contributed by atoms with E-state index in [1.165, 1.54) is 23.3 Å². The van der Waals surface area contributed by atoms with Gasteiger partial charge in [-0.2, -0.15) is 0 Å². The first-order chi connectivity index (χ1) is 14.7. The monoisotopic (exact) mass is 438 g/mol. The summed E-state index contributed by atoms with van der Waals surface area (Å²) < 4.78 is 27.5. The third kappa shape index (κ3) is 6.62. The highest BCUT2D eigenvalue weighted by Gasteiger charge is 2.16. The van der Waals surface area contributed by atoms with Gasteiger partial charge in [0, 0.05) is 23.5 Å². The van der Waals surface area contributed by atoms with Crippen LogP contribution in [0.4, 0.5) is 11.6 Å². The Labute approximate surface area is 183 Å². The van der Waals surface area contributed by atoms with E-state index in [0.29, 0.717) is 23.5 Å². The predicted molar refractivity (Wildman–Crippen MR) is 122 cm³/mol. The molecule has 0 atom stereocenters. The Morgan fingerprint density at radius 2 is 1.52 bits per heavy atom. The van der Waals surface area contributed by atoms with Crippen LogP contribution in [-0.4, -0.2) is 24.3 Å². The summed E-state index contributed by atoms with van der Waals surface area (Å²) in [7, 11) is -3.83. The van der Waals surface area contributed by atoms with E-state index in [0.717, 1.165) is 12.8 Å². The number of benzene rings is 2. The summed E-state index contributed by atoms with van der Waals surface area (Å²) in [6, 6.07) is 16.0. The first kappa shape index (κ1) is 22.4. The lowest BCUT2D eigenvalue weighted by atomic mass is 10.1. The summed E-state index contributed by atoms with van der Waals surface area (Å²) in [6.07, 6.45) is 1.96. The molecule has 2 N–H and O–H groups in total. The van der Waals surface area contributed by atoms with Crippen molar-refractivity contribution in [2.45, 2.75) is 44.9 Å². The normalized spacial score (nSPS) is 11.2. The number of aromatic nitrogens is 2. The van der Waals surface area contributed by atoms with Gasteiger partial charge < -0.3 is 5.32 Å². The van der Waals surface area contributed by atoms with Crippen molar-refractivity contribution in [2.24, 2.45) is 0 Å². The third-order valence-electron chi connectivity index (χ3n) is 4.65. The molecule has 1 amide bonds. The van der Waals surface area contributed by atoms with Crippen molar-refractivity contribution < 1.29 is 13.2 Å². The highest BCUT2D eigenvalue weighted by Crippen LogP contribution is 2.17. The molecule has 0 unspecified atom stereocenters. The van der Waals surface area contributed by atoms with Crippen LogP contribution in [0.25, 0.3) is 0 Å². The molecule has 1 aromatic heterocycles. The van der Waals surface area contributed by atoms with E-state index in [-0.39, 0.29) is 16.8 Å². The number of hydrogen-bond donors (Lipinski definition) is 2. The summed E-state index contributed by atoms with van der Waals surface area (Å²) >= 11 is 0. The van der Waals surface area contributed by atoms with Gasteiger partial charge in [-0.1, -0.05) is 29.8 Å². The Kier molecular flexibility index (Phi) is 7.02. The van der Waals surface area contributed by atoms with Gasteiger partial charge in [0.25, 0.3) is 10.0 Å². The highest BCUT2D eigenvalue weighted by molar-refractivity contribution is 7.92. The van der Waals surface area contributed by atoms with Crippen molar-refractivity contribution in [1.29, 1.82) is 0 Å². The van der Waals surface area contributed by atoms with Crippen molar-refractivity contribution in [3.05, 3.63) is 77.1 Å². The zero-order valence-electron chi connectivity index (χ0n) is 17.8. The molecular formula is C23H26N4O3S. The molecule has 0 saturated carbocycles. The molecule has 1 heterocycles. The number of hydrogen-bond acceptors (Lipinski definition) is 5. The first-order valence-corrected chi connectivity index (χ1v) is 11.5. The minimum atomic E-state index is -3.83. The van der Waals surface area contributed by atoms with E-state index >= 15 is 0 Å². The van der Waals surface area contributed by atoms with E-state index in [4.69, 9.17) is 0 Å². The second-order valence-corrected chi connectivity index (χ2v) is 9.17. The number of sulfonamides is 1. The molecule has 7 nitrogen and oxygen atoms in total. The van der Waals surface area contributed by atoms with Crippen LogP contribution < -0.4 is 10.0 Å². The molecule has 0 aliphatic heterocycles. The van der Waals surface area contributed by atoms with Gasteiger partial charge in [0.15, 0.2) is 0 Å². The maximum absolute atomic E-state index is 12.6. The zero-order chi connectivity index (χ0) is 22.4. The molecule has 0 bridgehead atoms. The SMILES string of the molecule is Cc1ccc(CCCC(=O)Nc2ccc(S(=O)(=O)Nc3nc(C)cc(C)n3)cc2)cc1. The molecule has 0 aliphatic rings. The molecular weight excluding hydrogens is 412 g/mol. The molecule has 0 spiro atoms. The minimum absolute atomic E-state index is 0.0310. The van der Waals surface area contributed by atoms with Gasteiger partial charge in [0.2, 0.25) is 11.9 Å². The lowest BCUT2D eigenvalue weighted by Crippen LogP contribution is -2.16. The number of nitrogens with one attached hydrogen (secondary N) is 2. The topological polar surface area (TPSA) is 101 Å². The fourth-order valence-electron chi connectivity index (χ4n) is 3.10. The van der Waals surface area contributed by atoms with Crippen molar-refractivity contribution in [2.75, 3.05) is 10.0 Å². The predicted octanol–water partition coefficient (Wildman–Crippen LogP) is 4.16. The number of carbonyl (C=O) groups excluding carboxylic acids is 1. The molecule has 0 saturated heterocycles. The van der Waals surface area contributed by atoms with Gasteiger partial charge in [-0.05, 0) is 69.5 Å². The molecule has 162 valence electrons. The van der Waals surface area contributed by atoms with Crippen molar-refractivity contribution in [3.8, 4) is 0 Å². The van der Waals surface area contributed by atoms with Gasteiger partial charge >= 0.3 is 0 Å². The van der Waals surface area contributed by atoms with E-state index in [1.807, 2.05) is 6.92 Å². The smallest absolute Gasteiger partial charge is 0.264 e. The molecule has 2 aromatic carbocycles. The van der Waals surface area contributed by atoms with Gasteiger partial charge in [-0.3, -0.25) is 4.79 Å². The number of rotatable bonds is 8. The van der Waals surface area contributed by atoms with Crippen LogP contribution in [0.2, 0.25) is 0 Å². The second kappa shape index (κ2) is 9.70. The maximum atomic E-state index is 12.6. The van der Waals surface area contributed by atoms with Crippen molar-refractivity contribution >= 4 is 27.6 Å². The van der Waals surface area contributed by atoms with E-state index in [1.54, 1.807) is 32.0 Å². The average molecular weight is 439 g/mol. The number of aryl methyl sites for hydroxylation is 4. The minimum Gasteiger partial charge on any atom is -0.326 e. The Balaban J connectivity index is 1.55. The molecule has 3 rings (SSSR count). The Morgan fingerprint density at radius 1 is 0.903 bits per heavy atom. The molecule has 0 radical (unpaired) electrons. The molecule has 31 heavy (non-hydrogen) atoms. The van der Waals surface area contributed by atoms with Crippen LogP contribution >= 0.6 is 0 Å². The summed E-state index contributed by atoms with van der Waals surface area (Å²) in [6.45, 7) is 5.58. The molecule has 0 fully saturated rings. The van der Waals surface area contributed by atoms with E-state index in [2.05, 4.69) is 44.3 Å². The Hall–Kier alpha value is -3.26. The number of carbonyl (C=O) groups is 1. The van der Waals surface area contributed by atoms with Crippen LogP contribution in [0.3, 0.4) is 0 Å². The third-order valence-corrected chi connectivity index (χ3v) is 5.99. The standard InChI is InChI=1S/C23H26N4O3S/c1-16-7-9-19(10-8-16)5-4-6-22(28)26-20-11-13-21(14-12-20)31(29,30)27-23-24-17(2)15-18(3)25-23/h7-15H,4-6H2,1-3H3,(H,26,28)(H,24,25,27). The van der Waals surface area contributed by atoms with Crippen molar-refractivity contribution in [1.82, 2.24) is 9.97 Å². The average Bonchev–Trinajstić information content (AvgIpc) is 2.69. The van der Waals surface area contributed by atoms with Crippen LogP contribution in [0.1, 0.15) is 35.4 Å². The number of amides is 1. The van der Waals surface area contributed by atoms with Crippen LogP contribution in [0, 0.1) is 20.8 Å².